The Hall–Kier alpha value is -1.81. The highest BCUT2D eigenvalue weighted by molar-refractivity contribution is 5.31. The molecule has 1 aromatic heterocycles. The third-order valence-electron chi connectivity index (χ3n) is 2.58. The Balaban J connectivity index is 1.95. The van der Waals surface area contributed by atoms with Gasteiger partial charge in [0.2, 0.25) is 0 Å². The van der Waals surface area contributed by atoms with Gasteiger partial charge in [-0.15, -0.1) is 0 Å². The van der Waals surface area contributed by atoms with Gasteiger partial charge < -0.3 is 10.4 Å². The number of phenolic OH excluding ortho intramolecular Hbond substituents is 1. The maximum atomic E-state index is 9.59. The largest absolute Gasteiger partial charge is 0.508 e. The van der Waals surface area contributed by atoms with Crippen LogP contribution in [0.2, 0.25) is 0 Å². The Kier molecular flexibility index (Phi) is 3.22. The zero-order chi connectivity index (χ0) is 11.4. The van der Waals surface area contributed by atoms with E-state index in [2.05, 4.69) is 15.5 Å². The molecule has 2 aromatic rings. The molecule has 2 rings (SSSR count). The molecule has 3 N–H and O–H groups in total. The van der Waals surface area contributed by atoms with E-state index in [0.717, 1.165) is 11.3 Å². The lowest BCUT2D eigenvalue weighted by atomic mass is 10.1. The lowest BCUT2D eigenvalue weighted by molar-refractivity contribution is 0.459. The smallest absolute Gasteiger partial charge is 0.120 e. The SMILES string of the molecule is CC(NCc1ccccc1O)c1ccn[nH]1. The van der Waals surface area contributed by atoms with Gasteiger partial charge >= 0.3 is 0 Å². The van der Waals surface area contributed by atoms with Crippen LogP contribution >= 0.6 is 0 Å². The second kappa shape index (κ2) is 4.81. The Morgan fingerprint density at radius 1 is 1.38 bits per heavy atom. The first-order chi connectivity index (χ1) is 7.77. The number of nitrogens with one attached hydrogen (secondary N) is 2. The number of para-hydroxylation sites is 1. The normalized spacial score (nSPS) is 12.6. The highest BCUT2D eigenvalue weighted by Crippen LogP contribution is 2.16. The summed E-state index contributed by atoms with van der Waals surface area (Å²) in [4.78, 5) is 0. The Labute approximate surface area is 94.3 Å². The molecule has 4 heteroatoms. The highest BCUT2D eigenvalue weighted by Gasteiger charge is 2.06. The van der Waals surface area contributed by atoms with Crippen molar-refractivity contribution in [1.82, 2.24) is 15.5 Å². The molecular weight excluding hydrogens is 202 g/mol. The molecule has 0 spiro atoms. The molecule has 1 aromatic carbocycles. The molecular formula is C12H15N3O. The van der Waals surface area contributed by atoms with E-state index in [4.69, 9.17) is 0 Å². The predicted molar refractivity (Wildman–Crippen MR) is 61.9 cm³/mol. The van der Waals surface area contributed by atoms with Crippen molar-refractivity contribution in [3.05, 3.63) is 47.8 Å². The number of benzene rings is 1. The van der Waals surface area contributed by atoms with Crippen molar-refractivity contribution in [3.63, 3.8) is 0 Å². The van der Waals surface area contributed by atoms with Gasteiger partial charge in [-0.3, -0.25) is 5.10 Å². The van der Waals surface area contributed by atoms with Gasteiger partial charge in [-0.1, -0.05) is 18.2 Å². The molecule has 1 atom stereocenters. The van der Waals surface area contributed by atoms with Crippen molar-refractivity contribution in [2.45, 2.75) is 19.5 Å². The van der Waals surface area contributed by atoms with E-state index in [-0.39, 0.29) is 6.04 Å². The number of hydrogen-bond donors (Lipinski definition) is 3. The quantitative estimate of drug-likeness (QED) is 0.733. The molecule has 16 heavy (non-hydrogen) atoms. The summed E-state index contributed by atoms with van der Waals surface area (Å²) in [6.45, 7) is 2.68. The number of aromatic amines is 1. The summed E-state index contributed by atoms with van der Waals surface area (Å²) in [6, 6.07) is 9.44. The first kappa shape index (κ1) is 10.7. The van der Waals surface area contributed by atoms with Crippen molar-refractivity contribution in [3.8, 4) is 5.75 Å². The van der Waals surface area contributed by atoms with Crippen LogP contribution in [-0.2, 0) is 6.54 Å². The summed E-state index contributed by atoms with van der Waals surface area (Å²) in [5.41, 5.74) is 1.93. The van der Waals surface area contributed by atoms with Crippen molar-refractivity contribution in [2.24, 2.45) is 0 Å². The molecule has 1 heterocycles. The second-order valence-corrected chi connectivity index (χ2v) is 3.74. The van der Waals surface area contributed by atoms with E-state index < -0.39 is 0 Å². The highest BCUT2D eigenvalue weighted by atomic mass is 16.3. The van der Waals surface area contributed by atoms with Gasteiger partial charge in [0, 0.05) is 24.3 Å². The Morgan fingerprint density at radius 2 is 2.19 bits per heavy atom. The minimum Gasteiger partial charge on any atom is -0.508 e. The minimum absolute atomic E-state index is 0.183. The molecule has 1 unspecified atom stereocenters. The van der Waals surface area contributed by atoms with Crippen LogP contribution in [0, 0.1) is 0 Å². The third-order valence-corrected chi connectivity index (χ3v) is 2.58. The number of aromatic hydroxyl groups is 1. The summed E-state index contributed by atoms with van der Waals surface area (Å²) in [7, 11) is 0. The van der Waals surface area contributed by atoms with E-state index >= 15 is 0 Å². The Morgan fingerprint density at radius 3 is 2.88 bits per heavy atom. The average Bonchev–Trinajstić information content (AvgIpc) is 2.81. The van der Waals surface area contributed by atoms with Crippen LogP contribution in [0.1, 0.15) is 24.2 Å². The fraction of sp³-hybridized carbons (Fsp3) is 0.250. The number of hydrogen-bond acceptors (Lipinski definition) is 3. The molecule has 0 amide bonds. The van der Waals surface area contributed by atoms with Crippen molar-refractivity contribution in [2.75, 3.05) is 0 Å². The van der Waals surface area contributed by atoms with E-state index in [9.17, 15) is 5.11 Å². The van der Waals surface area contributed by atoms with Gasteiger partial charge in [0.25, 0.3) is 0 Å². The summed E-state index contributed by atoms with van der Waals surface area (Å²) >= 11 is 0. The van der Waals surface area contributed by atoms with E-state index in [1.165, 1.54) is 0 Å². The lowest BCUT2D eigenvalue weighted by Gasteiger charge is -2.12. The topological polar surface area (TPSA) is 60.9 Å². The zero-order valence-electron chi connectivity index (χ0n) is 9.14. The van der Waals surface area contributed by atoms with E-state index in [1.807, 2.05) is 31.2 Å². The van der Waals surface area contributed by atoms with Gasteiger partial charge in [-0.2, -0.15) is 5.10 Å². The zero-order valence-corrected chi connectivity index (χ0v) is 9.14. The Bertz CT molecular complexity index is 439. The van der Waals surface area contributed by atoms with Gasteiger partial charge in [-0.25, -0.2) is 0 Å². The van der Waals surface area contributed by atoms with Crippen LogP contribution in [0.3, 0.4) is 0 Å². The van der Waals surface area contributed by atoms with Gasteiger partial charge in [0.1, 0.15) is 5.75 Å². The molecule has 0 radical (unpaired) electrons. The fourth-order valence-corrected chi connectivity index (χ4v) is 1.54. The van der Waals surface area contributed by atoms with E-state index in [1.54, 1.807) is 12.3 Å². The number of nitrogens with zero attached hydrogens (tertiary/aromatic N) is 1. The summed E-state index contributed by atoms with van der Waals surface area (Å²) in [5.74, 6) is 0.326. The number of phenols is 1. The predicted octanol–water partition coefficient (Wildman–Crippen LogP) is 1.97. The third kappa shape index (κ3) is 2.41. The minimum atomic E-state index is 0.183. The monoisotopic (exact) mass is 217 g/mol. The first-order valence-electron chi connectivity index (χ1n) is 5.27. The van der Waals surface area contributed by atoms with Crippen LogP contribution in [0.15, 0.2) is 36.5 Å². The molecule has 0 fully saturated rings. The van der Waals surface area contributed by atoms with Crippen molar-refractivity contribution in [1.29, 1.82) is 0 Å². The standard InChI is InChI=1S/C12H15N3O/c1-9(11-6-7-14-15-11)13-8-10-4-2-3-5-12(10)16/h2-7,9,13,16H,8H2,1H3,(H,14,15). The van der Waals surface area contributed by atoms with Crippen LogP contribution in [0.25, 0.3) is 0 Å². The molecule has 0 bridgehead atoms. The molecule has 0 aliphatic rings. The maximum absolute atomic E-state index is 9.59. The second-order valence-electron chi connectivity index (χ2n) is 3.74. The van der Waals surface area contributed by atoms with Crippen LogP contribution in [0.4, 0.5) is 0 Å². The van der Waals surface area contributed by atoms with Crippen molar-refractivity contribution >= 4 is 0 Å². The van der Waals surface area contributed by atoms with Crippen molar-refractivity contribution < 1.29 is 5.11 Å². The van der Waals surface area contributed by atoms with Gasteiger partial charge in [-0.05, 0) is 19.1 Å². The lowest BCUT2D eigenvalue weighted by Crippen LogP contribution is -2.18. The number of aromatic nitrogens is 2. The fourth-order valence-electron chi connectivity index (χ4n) is 1.54. The molecule has 84 valence electrons. The summed E-state index contributed by atoms with van der Waals surface area (Å²) in [5, 5.41) is 19.7. The number of rotatable bonds is 4. The van der Waals surface area contributed by atoms with Crippen LogP contribution < -0.4 is 5.32 Å². The average molecular weight is 217 g/mol. The van der Waals surface area contributed by atoms with Crippen LogP contribution in [-0.4, -0.2) is 15.3 Å². The number of H-pyrrole nitrogens is 1. The summed E-state index contributed by atoms with van der Waals surface area (Å²) in [6.07, 6.45) is 1.73. The molecule has 0 aliphatic heterocycles. The molecule has 0 aliphatic carbocycles. The van der Waals surface area contributed by atoms with Gasteiger partial charge in [0.15, 0.2) is 0 Å². The maximum Gasteiger partial charge on any atom is 0.120 e. The summed E-state index contributed by atoms with van der Waals surface area (Å²) < 4.78 is 0. The van der Waals surface area contributed by atoms with Gasteiger partial charge in [0.05, 0.1) is 5.69 Å². The molecule has 0 saturated heterocycles. The van der Waals surface area contributed by atoms with Crippen LogP contribution in [0.5, 0.6) is 5.75 Å². The first-order valence-corrected chi connectivity index (χ1v) is 5.27. The molecule has 4 nitrogen and oxygen atoms in total. The molecule has 0 saturated carbocycles. The van der Waals surface area contributed by atoms with E-state index in [0.29, 0.717) is 12.3 Å².